The Balaban J connectivity index is 2.63. The topological polar surface area (TPSA) is 57.6 Å². The molecule has 0 aromatic heterocycles. The highest BCUT2D eigenvalue weighted by Gasteiger charge is 2.32. The van der Waals surface area contributed by atoms with Gasteiger partial charge in [0.2, 0.25) is 10.0 Å². The molecule has 0 radical (unpaired) electrons. The van der Waals surface area contributed by atoms with E-state index in [0.717, 1.165) is 0 Å². The van der Waals surface area contributed by atoms with Gasteiger partial charge in [0.25, 0.3) is 0 Å². The summed E-state index contributed by atoms with van der Waals surface area (Å²) in [5, 5.41) is 9.61. The van der Waals surface area contributed by atoms with Gasteiger partial charge in [-0.15, -0.1) is 0 Å². The zero-order valence-corrected chi connectivity index (χ0v) is 8.53. The van der Waals surface area contributed by atoms with Crippen LogP contribution in [0.1, 0.15) is 11.7 Å². The molecule has 0 saturated heterocycles. The van der Waals surface area contributed by atoms with Gasteiger partial charge in [-0.3, -0.25) is 4.31 Å². The predicted octanol–water partition coefficient (Wildman–Crippen LogP) is 0.500. The van der Waals surface area contributed by atoms with Crippen molar-refractivity contribution in [3.63, 3.8) is 0 Å². The smallest absolute Gasteiger partial charge is 0.237 e. The molecule has 0 fully saturated rings. The first-order valence-electron chi connectivity index (χ1n) is 4.26. The molecule has 0 amide bonds. The van der Waals surface area contributed by atoms with E-state index in [1.807, 2.05) is 0 Å². The first-order valence-corrected chi connectivity index (χ1v) is 5.87. The number of hydrogen-bond acceptors (Lipinski definition) is 3. The Kier molecular flexibility index (Phi) is 2.01. The second-order valence-corrected chi connectivity index (χ2v) is 5.37. The molecule has 2 rings (SSSR count). The molecular weight excluding hydrogens is 202 g/mol. The summed E-state index contributed by atoms with van der Waals surface area (Å²) < 4.78 is 24.3. The molecule has 0 aliphatic carbocycles. The molecule has 4 nitrogen and oxygen atoms in total. The standard InChI is InChI=1S/C9H11NO3S/c1-10-8-5-3-2-4-7(8)9(11)6-14(10,12)13/h2-5,9,11H,6H2,1H3/t9-/m1/s1. The van der Waals surface area contributed by atoms with Gasteiger partial charge in [-0.25, -0.2) is 8.42 Å². The monoisotopic (exact) mass is 213 g/mol. The van der Waals surface area contributed by atoms with Crippen LogP contribution in [0.2, 0.25) is 0 Å². The maximum atomic E-state index is 11.5. The summed E-state index contributed by atoms with van der Waals surface area (Å²) >= 11 is 0. The average molecular weight is 213 g/mol. The third kappa shape index (κ3) is 1.29. The minimum Gasteiger partial charge on any atom is -0.387 e. The van der Waals surface area contributed by atoms with Crippen molar-refractivity contribution < 1.29 is 13.5 Å². The summed E-state index contributed by atoms with van der Waals surface area (Å²) in [5.74, 6) is -0.236. The minimum atomic E-state index is -3.34. The number of nitrogens with zero attached hydrogens (tertiary/aromatic N) is 1. The molecule has 0 spiro atoms. The Morgan fingerprint density at radius 3 is 2.79 bits per heavy atom. The summed E-state index contributed by atoms with van der Waals surface area (Å²) in [6.07, 6.45) is -0.910. The van der Waals surface area contributed by atoms with Gasteiger partial charge in [0.15, 0.2) is 0 Å². The van der Waals surface area contributed by atoms with Crippen molar-refractivity contribution in [3.05, 3.63) is 29.8 Å². The number of rotatable bonds is 0. The Morgan fingerprint density at radius 2 is 2.07 bits per heavy atom. The number of para-hydroxylation sites is 1. The summed E-state index contributed by atoms with van der Waals surface area (Å²) in [6, 6.07) is 6.97. The summed E-state index contributed by atoms with van der Waals surface area (Å²) in [4.78, 5) is 0. The molecule has 14 heavy (non-hydrogen) atoms. The molecule has 1 N–H and O–H groups in total. The Hall–Kier alpha value is -1.07. The molecule has 1 aromatic rings. The number of aliphatic hydroxyl groups is 1. The zero-order chi connectivity index (χ0) is 10.3. The van der Waals surface area contributed by atoms with E-state index in [1.54, 1.807) is 24.3 Å². The normalized spacial score (nSPS) is 24.4. The molecule has 0 saturated carbocycles. The fourth-order valence-electron chi connectivity index (χ4n) is 1.61. The van der Waals surface area contributed by atoms with Crippen molar-refractivity contribution >= 4 is 15.7 Å². The first kappa shape index (κ1) is 9.48. The SMILES string of the molecule is CN1c2ccccc2[C@H](O)CS1(=O)=O. The van der Waals surface area contributed by atoms with Crippen LogP contribution in [0.4, 0.5) is 5.69 Å². The molecule has 1 aromatic carbocycles. The second kappa shape index (κ2) is 2.96. The number of hydrogen-bond donors (Lipinski definition) is 1. The lowest BCUT2D eigenvalue weighted by Crippen LogP contribution is -2.36. The summed E-state index contributed by atoms with van der Waals surface area (Å²) in [7, 11) is -1.84. The maximum Gasteiger partial charge on any atom is 0.237 e. The van der Waals surface area contributed by atoms with Gasteiger partial charge in [-0.2, -0.15) is 0 Å². The third-order valence-corrected chi connectivity index (χ3v) is 4.19. The maximum absolute atomic E-state index is 11.5. The zero-order valence-electron chi connectivity index (χ0n) is 7.71. The Labute approximate surface area is 82.8 Å². The number of aliphatic hydroxyl groups excluding tert-OH is 1. The summed E-state index contributed by atoms with van der Waals surface area (Å²) in [5.41, 5.74) is 1.23. The molecule has 0 bridgehead atoms. The van der Waals surface area contributed by atoms with Crippen LogP contribution in [0.3, 0.4) is 0 Å². The van der Waals surface area contributed by atoms with E-state index in [2.05, 4.69) is 0 Å². The molecular formula is C9H11NO3S. The molecule has 1 aliphatic heterocycles. The van der Waals surface area contributed by atoms with Crippen LogP contribution >= 0.6 is 0 Å². The highest BCUT2D eigenvalue weighted by atomic mass is 32.2. The van der Waals surface area contributed by atoms with Gasteiger partial charge < -0.3 is 5.11 Å². The number of anilines is 1. The van der Waals surface area contributed by atoms with E-state index >= 15 is 0 Å². The fraction of sp³-hybridized carbons (Fsp3) is 0.333. The van der Waals surface area contributed by atoms with E-state index in [1.165, 1.54) is 11.4 Å². The van der Waals surface area contributed by atoms with E-state index in [0.29, 0.717) is 11.3 Å². The summed E-state index contributed by atoms with van der Waals surface area (Å²) in [6.45, 7) is 0. The van der Waals surface area contributed by atoms with E-state index < -0.39 is 16.1 Å². The van der Waals surface area contributed by atoms with Crippen molar-refractivity contribution in [1.29, 1.82) is 0 Å². The largest absolute Gasteiger partial charge is 0.387 e. The number of sulfonamides is 1. The number of fused-ring (bicyclic) bond motifs is 1. The lowest BCUT2D eigenvalue weighted by molar-refractivity contribution is 0.200. The van der Waals surface area contributed by atoms with Gasteiger partial charge in [0, 0.05) is 12.6 Å². The average Bonchev–Trinajstić information content (AvgIpc) is 2.14. The van der Waals surface area contributed by atoms with Crippen LogP contribution < -0.4 is 4.31 Å². The van der Waals surface area contributed by atoms with Crippen molar-refractivity contribution in [3.8, 4) is 0 Å². The van der Waals surface area contributed by atoms with Crippen molar-refractivity contribution in [1.82, 2.24) is 0 Å². The highest BCUT2D eigenvalue weighted by Crippen LogP contribution is 2.33. The molecule has 5 heteroatoms. The second-order valence-electron chi connectivity index (χ2n) is 3.32. The van der Waals surface area contributed by atoms with Crippen LogP contribution in [-0.4, -0.2) is 26.3 Å². The molecule has 0 unspecified atom stereocenters. The third-order valence-electron chi connectivity index (χ3n) is 2.42. The van der Waals surface area contributed by atoms with Crippen LogP contribution in [0.5, 0.6) is 0 Å². The van der Waals surface area contributed by atoms with E-state index in [-0.39, 0.29) is 5.75 Å². The van der Waals surface area contributed by atoms with E-state index in [9.17, 15) is 13.5 Å². The van der Waals surface area contributed by atoms with Crippen LogP contribution in [0, 0.1) is 0 Å². The van der Waals surface area contributed by atoms with Gasteiger partial charge in [-0.05, 0) is 6.07 Å². The Bertz CT molecular complexity index is 455. The van der Waals surface area contributed by atoms with Gasteiger partial charge in [0.1, 0.15) is 0 Å². The van der Waals surface area contributed by atoms with Crippen LogP contribution in [-0.2, 0) is 10.0 Å². The van der Waals surface area contributed by atoms with Crippen LogP contribution in [0.15, 0.2) is 24.3 Å². The van der Waals surface area contributed by atoms with E-state index in [4.69, 9.17) is 0 Å². The van der Waals surface area contributed by atoms with Crippen molar-refractivity contribution in [2.24, 2.45) is 0 Å². The highest BCUT2D eigenvalue weighted by molar-refractivity contribution is 7.92. The predicted molar refractivity (Wildman–Crippen MR) is 53.6 cm³/mol. The minimum absolute atomic E-state index is 0.236. The van der Waals surface area contributed by atoms with Gasteiger partial charge >= 0.3 is 0 Å². The number of benzene rings is 1. The molecule has 76 valence electrons. The molecule has 1 atom stereocenters. The van der Waals surface area contributed by atoms with Gasteiger partial charge in [-0.1, -0.05) is 18.2 Å². The molecule has 1 heterocycles. The molecule has 1 aliphatic rings. The van der Waals surface area contributed by atoms with Crippen molar-refractivity contribution in [2.45, 2.75) is 6.10 Å². The van der Waals surface area contributed by atoms with Crippen molar-refractivity contribution in [2.75, 3.05) is 17.1 Å². The van der Waals surface area contributed by atoms with Gasteiger partial charge in [0.05, 0.1) is 17.5 Å². The first-order chi connectivity index (χ1) is 6.52. The lowest BCUT2D eigenvalue weighted by atomic mass is 10.1. The Morgan fingerprint density at radius 1 is 1.43 bits per heavy atom. The lowest BCUT2D eigenvalue weighted by Gasteiger charge is -2.29. The quantitative estimate of drug-likeness (QED) is 0.682. The fourth-order valence-corrected chi connectivity index (χ4v) is 2.88. The van der Waals surface area contributed by atoms with Crippen LogP contribution in [0.25, 0.3) is 0 Å².